The van der Waals surface area contributed by atoms with Crippen LogP contribution in [0.4, 0.5) is 0 Å². The molecule has 1 saturated carbocycles. The van der Waals surface area contributed by atoms with Crippen molar-refractivity contribution in [1.29, 1.82) is 0 Å². The molecule has 1 aliphatic carbocycles. The van der Waals surface area contributed by atoms with E-state index in [0.29, 0.717) is 11.6 Å². The van der Waals surface area contributed by atoms with Crippen LogP contribution in [0.25, 0.3) is 0 Å². The van der Waals surface area contributed by atoms with E-state index in [1.54, 1.807) is 4.68 Å². The molecular weight excluding hydrogens is 218 g/mol. The molecule has 0 unspecified atom stereocenters. The van der Waals surface area contributed by atoms with Gasteiger partial charge < -0.3 is 4.74 Å². The minimum atomic E-state index is -0.428. The highest BCUT2D eigenvalue weighted by molar-refractivity contribution is 5.88. The fourth-order valence-corrected chi connectivity index (χ4v) is 1.85. The van der Waals surface area contributed by atoms with Crippen molar-refractivity contribution in [2.24, 2.45) is 5.92 Å². The molecule has 0 bridgehead atoms. The van der Waals surface area contributed by atoms with E-state index in [2.05, 4.69) is 16.9 Å². The number of ether oxygens (including phenoxy) is 1. The molecule has 0 saturated heterocycles. The largest absolute Gasteiger partial charge is 0.457 e. The first-order valence-corrected chi connectivity index (χ1v) is 5.90. The van der Waals surface area contributed by atoms with E-state index < -0.39 is 5.97 Å². The zero-order chi connectivity index (χ0) is 12.3. The average molecular weight is 235 g/mol. The van der Waals surface area contributed by atoms with Gasteiger partial charge in [0.2, 0.25) is 0 Å². The Hall–Kier alpha value is -1.65. The highest BCUT2D eigenvalue weighted by Gasteiger charge is 2.22. The molecule has 0 aromatic carbocycles. The number of hydrogen-bond acceptors (Lipinski definition) is 4. The zero-order valence-corrected chi connectivity index (χ0v) is 10.1. The fraction of sp³-hybridized carbons (Fsp3) is 0.583. The Morgan fingerprint density at radius 1 is 1.65 bits per heavy atom. The number of nitrogens with zero attached hydrogens (tertiary/aromatic N) is 3. The Morgan fingerprint density at radius 2 is 2.41 bits per heavy atom. The second-order valence-corrected chi connectivity index (χ2v) is 4.39. The molecular formula is C12H17N3O2. The van der Waals surface area contributed by atoms with Crippen LogP contribution in [-0.2, 0) is 11.3 Å². The summed E-state index contributed by atoms with van der Waals surface area (Å²) in [5, 5.41) is 7.89. The van der Waals surface area contributed by atoms with Gasteiger partial charge in [0.15, 0.2) is 5.69 Å². The third-order valence-corrected chi connectivity index (χ3v) is 3.16. The van der Waals surface area contributed by atoms with Gasteiger partial charge in [0.05, 0.1) is 5.69 Å². The molecule has 0 N–H and O–H groups in total. The van der Waals surface area contributed by atoms with Gasteiger partial charge in [-0.2, -0.15) is 0 Å². The first-order valence-electron chi connectivity index (χ1n) is 5.90. The molecule has 0 atom stereocenters. The van der Waals surface area contributed by atoms with Crippen LogP contribution in [0.5, 0.6) is 0 Å². The van der Waals surface area contributed by atoms with Gasteiger partial charge in [0.1, 0.15) is 6.61 Å². The Labute approximate surface area is 100 Å². The van der Waals surface area contributed by atoms with Crippen LogP contribution in [0, 0.1) is 12.8 Å². The quantitative estimate of drug-likeness (QED) is 0.576. The van der Waals surface area contributed by atoms with E-state index in [1.807, 2.05) is 6.92 Å². The number of esters is 1. The van der Waals surface area contributed by atoms with Crippen LogP contribution in [0.3, 0.4) is 0 Å². The van der Waals surface area contributed by atoms with E-state index in [1.165, 1.54) is 25.3 Å². The highest BCUT2D eigenvalue weighted by atomic mass is 16.5. The van der Waals surface area contributed by atoms with Crippen molar-refractivity contribution in [3.8, 4) is 0 Å². The first kappa shape index (κ1) is 11.8. The van der Waals surface area contributed by atoms with Crippen LogP contribution < -0.4 is 0 Å². The van der Waals surface area contributed by atoms with Gasteiger partial charge in [-0.15, -0.1) is 5.10 Å². The first-order chi connectivity index (χ1) is 8.22. The third-order valence-electron chi connectivity index (χ3n) is 3.16. The summed E-state index contributed by atoms with van der Waals surface area (Å²) >= 11 is 0. The summed E-state index contributed by atoms with van der Waals surface area (Å²) in [5.74, 6) is 0.259. The van der Waals surface area contributed by atoms with E-state index in [4.69, 9.17) is 4.74 Å². The van der Waals surface area contributed by atoms with Crippen LogP contribution in [-0.4, -0.2) is 27.6 Å². The van der Waals surface area contributed by atoms with Gasteiger partial charge >= 0.3 is 5.97 Å². The summed E-state index contributed by atoms with van der Waals surface area (Å²) < 4.78 is 6.74. The van der Waals surface area contributed by atoms with Gasteiger partial charge in [0, 0.05) is 6.54 Å². The lowest BCUT2D eigenvalue weighted by Crippen LogP contribution is -2.19. The normalized spacial score (nSPS) is 15.4. The standard InChI is InChI=1S/C12H17N3O2/c1-3-7-17-12(16)11-9(2)15(14-13-11)8-10-5-4-6-10/h3,10H,1,4-8H2,2H3. The van der Waals surface area contributed by atoms with Gasteiger partial charge in [-0.05, 0) is 25.7 Å². The van der Waals surface area contributed by atoms with Crippen molar-refractivity contribution in [2.75, 3.05) is 6.61 Å². The maximum absolute atomic E-state index is 11.6. The lowest BCUT2D eigenvalue weighted by molar-refractivity contribution is 0.0542. The van der Waals surface area contributed by atoms with Gasteiger partial charge in [-0.1, -0.05) is 24.3 Å². The second-order valence-electron chi connectivity index (χ2n) is 4.39. The Balaban J connectivity index is 2.02. The topological polar surface area (TPSA) is 57.0 Å². The van der Waals surface area contributed by atoms with E-state index in [9.17, 15) is 4.79 Å². The van der Waals surface area contributed by atoms with Crippen LogP contribution in [0.1, 0.15) is 35.4 Å². The number of carbonyl (C=O) groups is 1. The Bertz CT molecular complexity index is 421. The Kier molecular flexibility index (Phi) is 3.56. The Morgan fingerprint density at radius 3 is 3.00 bits per heavy atom. The SMILES string of the molecule is C=CCOC(=O)c1nnn(CC2CCC2)c1C. The van der Waals surface area contributed by atoms with E-state index in [0.717, 1.165) is 12.2 Å². The number of rotatable bonds is 5. The van der Waals surface area contributed by atoms with Crippen molar-refractivity contribution in [3.63, 3.8) is 0 Å². The molecule has 1 heterocycles. The number of hydrogen-bond donors (Lipinski definition) is 0. The minimum absolute atomic E-state index is 0.202. The number of aromatic nitrogens is 3. The highest BCUT2D eigenvalue weighted by Crippen LogP contribution is 2.28. The second kappa shape index (κ2) is 5.12. The average Bonchev–Trinajstić information content (AvgIpc) is 2.62. The molecule has 17 heavy (non-hydrogen) atoms. The molecule has 0 spiro atoms. The predicted octanol–water partition coefficient (Wildman–Crippen LogP) is 1.73. The monoisotopic (exact) mass is 235 g/mol. The maximum atomic E-state index is 11.6. The smallest absolute Gasteiger partial charge is 0.361 e. The molecule has 92 valence electrons. The van der Waals surface area contributed by atoms with Crippen molar-refractivity contribution < 1.29 is 9.53 Å². The maximum Gasteiger partial charge on any atom is 0.361 e. The number of carbonyl (C=O) groups excluding carboxylic acids is 1. The van der Waals surface area contributed by atoms with Crippen LogP contribution in [0.15, 0.2) is 12.7 Å². The summed E-state index contributed by atoms with van der Waals surface area (Å²) in [6.07, 6.45) is 5.32. The minimum Gasteiger partial charge on any atom is -0.457 e. The van der Waals surface area contributed by atoms with Crippen molar-refractivity contribution in [2.45, 2.75) is 32.7 Å². The van der Waals surface area contributed by atoms with Crippen molar-refractivity contribution in [1.82, 2.24) is 15.0 Å². The third kappa shape index (κ3) is 2.54. The van der Waals surface area contributed by atoms with Crippen LogP contribution in [0.2, 0.25) is 0 Å². The summed E-state index contributed by atoms with van der Waals surface area (Å²) in [5.41, 5.74) is 1.09. The van der Waals surface area contributed by atoms with E-state index in [-0.39, 0.29) is 6.61 Å². The lowest BCUT2D eigenvalue weighted by Gasteiger charge is -2.25. The fourth-order valence-electron chi connectivity index (χ4n) is 1.85. The molecule has 2 rings (SSSR count). The molecule has 5 nitrogen and oxygen atoms in total. The molecule has 0 aliphatic heterocycles. The molecule has 1 fully saturated rings. The lowest BCUT2D eigenvalue weighted by atomic mass is 9.85. The van der Waals surface area contributed by atoms with Gasteiger partial charge in [-0.25, -0.2) is 9.48 Å². The zero-order valence-electron chi connectivity index (χ0n) is 10.1. The summed E-state index contributed by atoms with van der Waals surface area (Å²) in [6.45, 7) is 6.40. The van der Waals surface area contributed by atoms with Crippen LogP contribution >= 0.6 is 0 Å². The summed E-state index contributed by atoms with van der Waals surface area (Å²) in [7, 11) is 0. The van der Waals surface area contributed by atoms with Crippen molar-refractivity contribution >= 4 is 5.97 Å². The van der Waals surface area contributed by atoms with Gasteiger partial charge in [0.25, 0.3) is 0 Å². The summed E-state index contributed by atoms with van der Waals surface area (Å²) in [6, 6.07) is 0. The van der Waals surface area contributed by atoms with E-state index >= 15 is 0 Å². The molecule has 1 aromatic rings. The summed E-state index contributed by atoms with van der Waals surface area (Å²) in [4.78, 5) is 11.6. The molecule has 0 amide bonds. The van der Waals surface area contributed by atoms with Gasteiger partial charge in [-0.3, -0.25) is 0 Å². The van der Waals surface area contributed by atoms with Crippen molar-refractivity contribution in [3.05, 3.63) is 24.0 Å². The molecule has 5 heteroatoms. The molecule has 0 radical (unpaired) electrons. The predicted molar refractivity (Wildman–Crippen MR) is 62.6 cm³/mol. The molecule has 1 aliphatic rings. The molecule has 1 aromatic heterocycles.